The largest absolute Gasteiger partial charge is 0.468 e. The highest BCUT2D eigenvalue weighted by Crippen LogP contribution is 2.23. The van der Waals surface area contributed by atoms with E-state index in [1.54, 1.807) is 0 Å². The van der Waals surface area contributed by atoms with E-state index in [-0.39, 0.29) is 5.78 Å². The van der Waals surface area contributed by atoms with Crippen LogP contribution in [0.1, 0.15) is 6.42 Å². The third-order valence-electron chi connectivity index (χ3n) is 1.34. The highest BCUT2D eigenvalue weighted by atomic mass is 32.2. The van der Waals surface area contributed by atoms with E-state index in [0.29, 0.717) is 6.42 Å². The first kappa shape index (κ1) is 7.60. The van der Waals surface area contributed by atoms with E-state index in [1.807, 2.05) is 0 Å². The first-order chi connectivity index (χ1) is 4.75. The fraction of sp³-hybridized carbons (Fsp3) is 0.667. The molecule has 4 heteroatoms. The molecule has 0 spiro atoms. The molecule has 0 aromatic heterocycles. The van der Waals surface area contributed by atoms with Gasteiger partial charge in [0.2, 0.25) is 0 Å². The summed E-state index contributed by atoms with van der Waals surface area (Å²) in [5.41, 5.74) is 0. The van der Waals surface area contributed by atoms with Crippen LogP contribution in [0.15, 0.2) is 0 Å². The molecule has 1 aliphatic rings. The van der Waals surface area contributed by atoms with Gasteiger partial charge in [0, 0.05) is 12.2 Å². The van der Waals surface area contributed by atoms with Crippen LogP contribution in [0.3, 0.4) is 0 Å². The Morgan fingerprint density at radius 3 is 2.90 bits per heavy atom. The van der Waals surface area contributed by atoms with Crippen molar-refractivity contribution in [3.8, 4) is 0 Å². The molecule has 1 rings (SSSR count). The number of hydrogen-bond donors (Lipinski definition) is 0. The number of esters is 1. The molecule has 0 radical (unpaired) electrons. The quantitative estimate of drug-likeness (QED) is 0.407. The maximum absolute atomic E-state index is 10.9. The Kier molecular flexibility index (Phi) is 2.32. The topological polar surface area (TPSA) is 43.4 Å². The van der Waals surface area contributed by atoms with Crippen molar-refractivity contribution in [3.05, 3.63) is 0 Å². The lowest BCUT2D eigenvalue weighted by Crippen LogP contribution is -2.23. The Bertz CT molecular complexity index is 166. The second-order valence-electron chi connectivity index (χ2n) is 1.99. The summed E-state index contributed by atoms with van der Waals surface area (Å²) in [7, 11) is 1.30. The second-order valence-corrected chi connectivity index (χ2v) is 3.20. The van der Waals surface area contributed by atoms with Crippen molar-refractivity contribution in [1.29, 1.82) is 0 Å². The predicted molar refractivity (Wildman–Crippen MR) is 37.9 cm³/mol. The standard InChI is InChI=1S/C6H8O3S/c1-9-6(8)5-4(7)2-3-10-5/h5H,2-3H2,1H3/t5-/m0/s1. The van der Waals surface area contributed by atoms with E-state index in [9.17, 15) is 9.59 Å². The van der Waals surface area contributed by atoms with Gasteiger partial charge in [0.1, 0.15) is 0 Å². The Hall–Kier alpha value is -0.510. The number of carbonyl (C=O) groups excluding carboxylic acids is 2. The molecule has 0 unspecified atom stereocenters. The first-order valence-corrected chi connectivity index (χ1v) is 4.02. The van der Waals surface area contributed by atoms with Crippen LogP contribution >= 0.6 is 11.8 Å². The Balaban J connectivity index is 2.55. The van der Waals surface area contributed by atoms with E-state index in [0.717, 1.165) is 5.75 Å². The fourth-order valence-corrected chi connectivity index (χ4v) is 1.90. The molecule has 1 fully saturated rings. The zero-order chi connectivity index (χ0) is 7.56. The van der Waals surface area contributed by atoms with Gasteiger partial charge < -0.3 is 4.74 Å². The van der Waals surface area contributed by atoms with Crippen molar-refractivity contribution >= 4 is 23.5 Å². The average Bonchev–Trinajstić information content (AvgIpc) is 2.34. The van der Waals surface area contributed by atoms with E-state index >= 15 is 0 Å². The Morgan fingerprint density at radius 1 is 1.80 bits per heavy atom. The van der Waals surface area contributed by atoms with Crippen molar-refractivity contribution in [2.75, 3.05) is 12.9 Å². The zero-order valence-corrected chi connectivity index (χ0v) is 6.44. The molecule has 0 N–H and O–H groups in total. The van der Waals surface area contributed by atoms with Crippen LogP contribution in [0.4, 0.5) is 0 Å². The number of rotatable bonds is 1. The highest BCUT2D eigenvalue weighted by Gasteiger charge is 2.32. The van der Waals surface area contributed by atoms with Gasteiger partial charge in [-0.3, -0.25) is 9.59 Å². The number of thioether (sulfide) groups is 1. The zero-order valence-electron chi connectivity index (χ0n) is 5.62. The maximum atomic E-state index is 10.9. The lowest BCUT2D eigenvalue weighted by atomic mass is 10.2. The molecule has 0 aromatic carbocycles. The lowest BCUT2D eigenvalue weighted by molar-refractivity contribution is -0.142. The van der Waals surface area contributed by atoms with Crippen LogP contribution < -0.4 is 0 Å². The summed E-state index contributed by atoms with van der Waals surface area (Å²) in [6, 6.07) is 0. The average molecular weight is 160 g/mol. The van der Waals surface area contributed by atoms with E-state index in [1.165, 1.54) is 18.9 Å². The van der Waals surface area contributed by atoms with Gasteiger partial charge in [-0.15, -0.1) is 11.8 Å². The third-order valence-corrected chi connectivity index (χ3v) is 2.57. The predicted octanol–water partition coefficient (Wildman–Crippen LogP) is 0.234. The van der Waals surface area contributed by atoms with Gasteiger partial charge in [-0.25, -0.2) is 0 Å². The van der Waals surface area contributed by atoms with Crippen LogP contribution in [-0.2, 0) is 14.3 Å². The number of Topliss-reactive ketones (excluding diaryl/α,β-unsaturated/α-hetero) is 1. The Morgan fingerprint density at radius 2 is 2.50 bits per heavy atom. The smallest absolute Gasteiger partial charge is 0.326 e. The van der Waals surface area contributed by atoms with E-state index < -0.39 is 11.2 Å². The molecule has 0 aromatic rings. The number of hydrogen-bond acceptors (Lipinski definition) is 4. The van der Waals surface area contributed by atoms with Crippen LogP contribution in [0.25, 0.3) is 0 Å². The van der Waals surface area contributed by atoms with Crippen LogP contribution in [-0.4, -0.2) is 29.9 Å². The van der Waals surface area contributed by atoms with Gasteiger partial charge in [-0.05, 0) is 0 Å². The van der Waals surface area contributed by atoms with Crippen molar-refractivity contribution < 1.29 is 14.3 Å². The van der Waals surface area contributed by atoms with Gasteiger partial charge in [-0.1, -0.05) is 0 Å². The molecule has 10 heavy (non-hydrogen) atoms. The van der Waals surface area contributed by atoms with Crippen molar-refractivity contribution in [2.45, 2.75) is 11.7 Å². The number of ketones is 1. The summed E-state index contributed by atoms with van der Waals surface area (Å²) in [6.45, 7) is 0. The van der Waals surface area contributed by atoms with Crippen LogP contribution in [0.5, 0.6) is 0 Å². The first-order valence-electron chi connectivity index (χ1n) is 2.98. The summed E-state index contributed by atoms with van der Waals surface area (Å²) >= 11 is 1.36. The SMILES string of the molecule is COC(=O)[C@H]1SCCC1=O. The van der Waals surface area contributed by atoms with Gasteiger partial charge >= 0.3 is 5.97 Å². The van der Waals surface area contributed by atoms with E-state index in [4.69, 9.17) is 0 Å². The molecule has 1 heterocycles. The van der Waals surface area contributed by atoms with Crippen molar-refractivity contribution in [2.24, 2.45) is 0 Å². The minimum Gasteiger partial charge on any atom is -0.468 e. The number of carbonyl (C=O) groups is 2. The summed E-state index contributed by atoms with van der Waals surface area (Å²) in [5.74, 6) is 0.336. The minimum absolute atomic E-state index is 0.00292. The second kappa shape index (κ2) is 3.05. The van der Waals surface area contributed by atoms with Gasteiger partial charge in [0.05, 0.1) is 7.11 Å². The van der Waals surface area contributed by atoms with Crippen molar-refractivity contribution in [1.82, 2.24) is 0 Å². The number of methoxy groups -OCH3 is 1. The van der Waals surface area contributed by atoms with Gasteiger partial charge in [-0.2, -0.15) is 0 Å². The molecule has 0 saturated carbocycles. The molecular weight excluding hydrogens is 152 g/mol. The van der Waals surface area contributed by atoms with Crippen LogP contribution in [0, 0.1) is 0 Å². The number of ether oxygens (including phenoxy) is 1. The molecule has 0 bridgehead atoms. The molecule has 1 atom stereocenters. The van der Waals surface area contributed by atoms with Gasteiger partial charge in [0.25, 0.3) is 0 Å². The molecule has 1 aliphatic heterocycles. The lowest BCUT2D eigenvalue weighted by Gasteiger charge is -2.02. The molecule has 0 amide bonds. The molecule has 0 aliphatic carbocycles. The summed E-state index contributed by atoms with van der Waals surface area (Å²) in [5, 5.41) is -0.537. The fourth-order valence-electron chi connectivity index (χ4n) is 0.808. The van der Waals surface area contributed by atoms with Gasteiger partial charge in [0.15, 0.2) is 11.0 Å². The van der Waals surface area contributed by atoms with E-state index in [2.05, 4.69) is 4.74 Å². The highest BCUT2D eigenvalue weighted by molar-refractivity contribution is 8.01. The maximum Gasteiger partial charge on any atom is 0.326 e. The molecular formula is C6H8O3S. The summed E-state index contributed by atoms with van der Waals surface area (Å²) < 4.78 is 4.42. The normalized spacial score (nSPS) is 24.9. The summed E-state index contributed by atoms with van der Waals surface area (Å²) in [4.78, 5) is 21.6. The van der Waals surface area contributed by atoms with Crippen LogP contribution in [0.2, 0.25) is 0 Å². The Labute approximate surface area is 63.1 Å². The molecule has 1 saturated heterocycles. The third kappa shape index (κ3) is 1.31. The van der Waals surface area contributed by atoms with Crippen molar-refractivity contribution in [3.63, 3.8) is 0 Å². The summed E-state index contributed by atoms with van der Waals surface area (Å²) in [6.07, 6.45) is 0.504. The minimum atomic E-state index is -0.537. The molecule has 56 valence electrons. The monoisotopic (exact) mass is 160 g/mol. The molecule has 3 nitrogen and oxygen atoms in total.